The van der Waals surface area contributed by atoms with Crippen LogP contribution in [0.15, 0.2) is 206 Å². The SMILES string of the molecule is Oc1cc(-c2nc(-c3ccc(-c4ccccc4)cc3)c3sc4ccccc4c3n2)c2ccccc2c1-c1ccc(-c2ccc3c(c2)c2ccccc2n3-c2ccccc2)cc1. The van der Waals surface area contributed by atoms with Crippen molar-refractivity contribution in [3.8, 4) is 67.5 Å². The van der Waals surface area contributed by atoms with Crippen molar-refractivity contribution in [2.75, 3.05) is 0 Å². The number of hydrogen-bond acceptors (Lipinski definition) is 4. The molecule has 0 saturated carbocycles. The summed E-state index contributed by atoms with van der Waals surface area (Å²) in [4.78, 5) is 10.6. The van der Waals surface area contributed by atoms with Gasteiger partial charge in [0.15, 0.2) is 5.82 Å². The van der Waals surface area contributed by atoms with Crippen molar-refractivity contribution in [3.05, 3.63) is 206 Å². The van der Waals surface area contributed by atoms with Crippen LogP contribution in [0.3, 0.4) is 0 Å². The first-order valence-electron chi connectivity index (χ1n) is 20.5. The summed E-state index contributed by atoms with van der Waals surface area (Å²) in [5.74, 6) is 0.764. The van der Waals surface area contributed by atoms with Crippen LogP contribution in [-0.4, -0.2) is 19.6 Å². The summed E-state index contributed by atoms with van der Waals surface area (Å²) in [5, 5.41) is 17.5. The van der Waals surface area contributed by atoms with E-state index < -0.39 is 0 Å². The van der Waals surface area contributed by atoms with Crippen LogP contribution in [0.25, 0.3) is 115 Å². The van der Waals surface area contributed by atoms with Crippen LogP contribution in [0.1, 0.15) is 0 Å². The maximum atomic E-state index is 12.0. The molecule has 12 rings (SSSR count). The number of thiophene rings is 1. The minimum absolute atomic E-state index is 0.184. The lowest BCUT2D eigenvalue weighted by atomic mass is 9.92. The molecule has 0 radical (unpaired) electrons. The molecule has 0 spiro atoms. The van der Waals surface area contributed by atoms with Gasteiger partial charge in [-0.1, -0.05) is 164 Å². The second-order valence-electron chi connectivity index (χ2n) is 15.5. The average molecular weight is 798 g/mol. The number of phenolic OH excluding ortho intramolecular Hbond substituents is 1. The molecular formula is C56H35N3OS. The Hall–Kier alpha value is -7.86. The van der Waals surface area contributed by atoms with Crippen LogP contribution < -0.4 is 0 Å². The van der Waals surface area contributed by atoms with Crippen LogP contribution in [-0.2, 0) is 0 Å². The van der Waals surface area contributed by atoms with Crippen LogP contribution >= 0.6 is 11.3 Å². The number of hydrogen-bond donors (Lipinski definition) is 1. The molecule has 286 valence electrons. The van der Waals surface area contributed by atoms with Crippen LogP contribution in [0, 0.1) is 0 Å². The lowest BCUT2D eigenvalue weighted by Crippen LogP contribution is -1.95. The number of rotatable bonds is 6. The van der Waals surface area contributed by atoms with Crippen LogP contribution in [0.4, 0.5) is 0 Å². The minimum atomic E-state index is 0.184. The minimum Gasteiger partial charge on any atom is -0.507 e. The second kappa shape index (κ2) is 14.2. The van der Waals surface area contributed by atoms with E-state index >= 15 is 0 Å². The fourth-order valence-corrected chi connectivity index (χ4v) is 10.2. The summed E-state index contributed by atoms with van der Waals surface area (Å²) in [6.07, 6.45) is 0. The van der Waals surface area contributed by atoms with Gasteiger partial charge >= 0.3 is 0 Å². The van der Waals surface area contributed by atoms with Crippen molar-refractivity contribution in [2.24, 2.45) is 0 Å². The number of para-hydroxylation sites is 2. The maximum Gasteiger partial charge on any atom is 0.161 e. The Morgan fingerprint density at radius 2 is 0.967 bits per heavy atom. The summed E-state index contributed by atoms with van der Waals surface area (Å²) in [6.45, 7) is 0. The number of benzene rings is 9. The molecule has 12 aromatic rings. The molecule has 0 fully saturated rings. The van der Waals surface area contributed by atoms with E-state index in [0.717, 1.165) is 81.4 Å². The largest absolute Gasteiger partial charge is 0.507 e. The molecule has 0 aliphatic rings. The van der Waals surface area contributed by atoms with Gasteiger partial charge in [0.1, 0.15) is 5.75 Å². The lowest BCUT2D eigenvalue weighted by Gasteiger charge is -2.15. The summed E-state index contributed by atoms with van der Waals surface area (Å²) < 4.78 is 4.55. The molecule has 0 saturated heterocycles. The highest BCUT2D eigenvalue weighted by molar-refractivity contribution is 7.26. The normalized spacial score (nSPS) is 11.7. The standard InChI is InChI=1S/C56H35N3OS/c60-50-34-47(56-57-53(55-54(58-56)45-20-10-12-22-51(45)61-55)39-29-25-36(26-30-39)35-13-3-1-4-14-35)42-17-7-8-19-44(42)52(50)38-27-23-37(24-28-38)40-31-32-49-46(33-40)43-18-9-11-21-48(43)59(49)41-15-5-2-6-16-41/h1-34,60H. The van der Waals surface area contributed by atoms with Gasteiger partial charge < -0.3 is 9.67 Å². The molecular weight excluding hydrogens is 763 g/mol. The van der Waals surface area contributed by atoms with Gasteiger partial charge in [0.05, 0.1) is 26.9 Å². The van der Waals surface area contributed by atoms with Gasteiger partial charge in [0, 0.05) is 43.2 Å². The Bertz CT molecular complexity index is 3630. The molecule has 5 heteroatoms. The fourth-order valence-electron chi connectivity index (χ4n) is 9.04. The molecule has 0 aliphatic carbocycles. The molecule has 0 aliphatic heterocycles. The van der Waals surface area contributed by atoms with E-state index in [1.54, 1.807) is 11.3 Å². The summed E-state index contributed by atoms with van der Waals surface area (Å²) >= 11 is 1.72. The zero-order valence-corrected chi connectivity index (χ0v) is 33.6. The first-order chi connectivity index (χ1) is 30.2. The lowest BCUT2D eigenvalue weighted by molar-refractivity contribution is 0.478. The molecule has 3 heterocycles. The third kappa shape index (κ3) is 5.81. The fraction of sp³-hybridized carbons (Fsp3) is 0. The Morgan fingerprint density at radius 3 is 1.74 bits per heavy atom. The van der Waals surface area contributed by atoms with E-state index in [1.807, 2.05) is 24.3 Å². The molecule has 0 atom stereocenters. The van der Waals surface area contributed by atoms with Gasteiger partial charge in [-0.3, -0.25) is 0 Å². The molecule has 0 amide bonds. The topological polar surface area (TPSA) is 50.9 Å². The van der Waals surface area contributed by atoms with E-state index in [2.05, 4.69) is 187 Å². The van der Waals surface area contributed by atoms with Crippen molar-refractivity contribution >= 4 is 64.2 Å². The molecule has 4 nitrogen and oxygen atoms in total. The maximum absolute atomic E-state index is 12.0. The predicted molar refractivity (Wildman–Crippen MR) is 256 cm³/mol. The Kier molecular flexibility index (Phi) is 8.15. The molecule has 1 N–H and O–H groups in total. The first kappa shape index (κ1) is 35.1. The van der Waals surface area contributed by atoms with Crippen molar-refractivity contribution in [1.82, 2.24) is 14.5 Å². The Labute approximate surface area is 355 Å². The molecule has 3 aromatic heterocycles. The third-order valence-electron chi connectivity index (χ3n) is 11.9. The van der Waals surface area contributed by atoms with Crippen molar-refractivity contribution in [3.63, 3.8) is 0 Å². The zero-order chi connectivity index (χ0) is 40.4. The number of fused-ring (bicyclic) bond motifs is 7. The highest BCUT2D eigenvalue weighted by Crippen LogP contribution is 2.45. The average Bonchev–Trinajstić information content (AvgIpc) is 3.87. The van der Waals surface area contributed by atoms with E-state index in [-0.39, 0.29) is 5.75 Å². The number of phenols is 1. The number of aromatic nitrogens is 3. The van der Waals surface area contributed by atoms with Crippen LogP contribution in [0.2, 0.25) is 0 Å². The summed E-state index contributed by atoms with van der Waals surface area (Å²) in [6, 6.07) is 72.0. The second-order valence-corrected chi connectivity index (χ2v) is 16.5. The number of nitrogens with zero attached hydrogens (tertiary/aromatic N) is 3. The highest BCUT2D eigenvalue weighted by atomic mass is 32.1. The highest BCUT2D eigenvalue weighted by Gasteiger charge is 2.21. The van der Waals surface area contributed by atoms with Crippen molar-refractivity contribution < 1.29 is 5.11 Å². The third-order valence-corrected chi connectivity index (χ3v) is 13.1. The smallest absolute Gasteiger partial charge is 0.161 e. The van der Waals surface area contributed by atoms with Gasteiger partial charge in [-0.05, 0) is 81.1 Å². The molecule has 61 heavy (non-hydrogen) atoms. The van der Waals surface area contributed by atoms with Gasteiger partial charge in [-0.15, -0.1) is 11.3 Å². The van der Waals surface area contributed by atoms with E-state index in [9.17, 15) is 5.11 Å². The number of aromatic hydroxyl groups is 1. The van der Waals surface area contributed by atoms with Gasteiger partial charge in [-0.2, -0.15) is 0 Å². The summed E-state index contributed by atoms with van der Waals surface area (Å²) in [7, 11) is 0. The zero-order valence-electron chi connectivity index (χ0n) is 32.8. The molecule has 0 unspecified atom stereocenters. The van der Waals surface area contributed by atoms with Crippen molar-refractivity contribution in [2.45, 2.75) is 0 Å². The Morgan fingerprint density at radius 1 is 0.410 bits per heavy atom. The molecule has 9 aromatic carbocycles. The predicted octanol–water partition coefficient (Wildman–Crippen LogP) is 15.1. The van der Waals surface area contributed by atoms with Crippen molar-refractivity contribution in [1.29, 1.82) is 0 Å². The van der Waals surface area contributed by atoms with E-state index in [4.69, 9.17) is 9.97 Å². The summed E-state index contributed by atoms with van der Waals surface area (Å²) in [5.41, 5.74) is 13.4. The van der Waals surface area contributed by atoms with Gasteiger partial charge in [0.2, 0.25) is 0 Å². The van der Waals surface area contributed by atoms with Crippen LogP contribution in [0.5, 0.6) is 5.75 Å². The first-order valence-corrected chi connectivity index (χ1v) is 21.3. The van der Waals surface area contributed by atoms with Gasteiger partial charge in [-0.25, -0.2) is 9.97 Å². The Balaban J connectivity index is 0.961. The van der Waals surface area contributed by atoms with E-state index in [0.29, 0.717) is 5.82 Å². The quantitative estimate of drug-likeness (QED) is 0.182. The van der Waals surface area contributed by atoms with E-state index in [1.165, 1.54) is 27.4 Å². The monoisotopic (exact) mass is 797 g/mol. The van der Waals surface area contributed by atoms with Gasteiger partial charge in [0.25, 0.3) is 0 Å². The molecule has 0 bridgehead atoms.